The molecule has 0 atom stereocenters. The number of morpholine rings is 1. The van der Waals surface area contributed by atoms with Crippen LogP contribution in [0.3, 0.4) is 0 Å². The molecule has 0 spiro atoms. The lowest BCUT2D eigenvalue weighted by molar-refractivity contribution is 0.122. The number of anilines is 1. The molecule has 0 bridgehead atoms. The fraction of sp³-hybridized carbons (Fsp3) is 0.158. The van der Waals surface area contributed by atoms with Gasteiger partial charge in [-0.2, -0.15) is 5.26 Å². The Bertz CT molecular complexity index is 1840. The quantitative estimate of drug-likeness (QED) is 0.213. The van der Waals surface area contributed by atoms with Crippen LogP contribution in [0.5, 0.6) is 0 Å². The van der Waals surface area contributed by atoms with Gasteiger partial charge in [-0.3, -0.25) is 0 Å². The number of benzene rings is 4. The molecule has 1 fully saturated rings. The van der Waals surface area contributed by atoms with Crippen LogP contribution in [-0.2, 0) is 16.9 Å². The normalized spacial score (nSPS) is 13.6. The molecule has 1 aliphatic heterocycles. The van der Waals surface area contributed by atoms with Gasteiger partial charge in [0.1, 0.15) is 11.2 Å². The number of aliphatic hydroxyl groups is 1. The Labute approximate surface area is 257 Å². The molecule has 1 aliphatic rings. The highest BCUT2D eigenvalue weighted by atomic mass is 16.5. The van der Waals surface area contributed by atoms with E-state index in [0.717, 1.165) is 50.1 Å². The van der Waals surface area contributed by atoms with E-state index >= 15 is 0 Å². The molecule has 0 radical (unpaired) electrons. The van der Waals surface area contributed by atoms with Crippen molar-refractivity contribution in [2.75, 3.05) is 31.2 Å². The minimum atomic E-state index is -0.789. The molecule has 2 aromatic heterocycles. The van der Waals surface area contributed by atoms with Crippen LogP contribution in [0.4, 0.5) is 5.69 Å². The number of aromatic nitrogens is 2. The van der Waals surface area contributed by atoms with E-state index in [0.29, 0.717) is 31.9 Å². The average Bonchev–Trinajstić information content (AvgIpc) is 3.50. The standard InChI is InChI=1S/C38H32N4O2/c39-24-28-11-10-12-29(23-28)34-26-42(37-35(34)36(30(27-43)25-40-37)41-19-21-44-22-20-41)38(31-13-4-1-5-14-31,32-15-6-2-7-16-32)33-17-8-3-9-18-33/h1-18,23,25-26,43H,19-22,27H2. The molecule has 6 heteroatoms. The van der Waals surface area contributed by atoms with Gasteiger partial charge in [0.25, 0.3) is 0 Å². The van der Waals surface area contributed by atoms with Gasteiger partial charge in [-0.15, -0.1) is 0 Å². The minimum absolute atomic E-state index is 0.139. The number of aliphatic hydroxyl groups excluding tert-OH is 1. The summed E-state index contributed by atoms with van der Waals surface area (Å²) in [6.45, 7) is 2.49. The fourth-order valence-corrected chi connectivity index (χ4v) is 6.67. The molecule has 0 saturated carbocycles. The van der Waals surface area contributed by atoms with Crippen LogP contribution < -0.4 is 4.90 Å². The molecule has 3 heterocycles. The molecule has 1 saturated heterocycles. The number of pyridine rings is 1. The van der Waals surface area contributed by atoms with Crippen molar-refractivity contribution in [3.63, 3.8) is 0 Å². The van der Waals surface area contributed by atoms with Crippen LogP contribution in [0.25, 0.3) is 22.2 Å². The highest BCUT2D eigenvalue weighted by Gasteiger charge is 2.41. The smallest absolute Gasteiger partial charge is 0.143 e. The summed E-state index contributed by atoms with van der Waals surface area (Å²) in [6, 6.07) is 41.7. The summed E-state index contributed by atoms with van der Waals surface area (Å²) in [4.78, 5) is 7.42. The van der Waals surface area contributed by atoms with E-state index in [-0.39, 0.29) is 6.61 Å². The van der Waals surface area contributed by atoms with Crippen molar-refractivity contribution < 1.29 is 9.84 Å². The molecule has 6 nitrogen and oxygen atoms in total. The zero-order chi connectivity index (χ0) is 29.9. The fourth-order valence-electron chi connectivity index (χ4n) is 6.67. The number of hydrogen-bond acceptors (Lipinski definition) is 5. The molecule has 0 amide bonds. The zero-order valence-corrected chi connectivity index (χ0v) is 24.3. The molecule has 0 aliphatic carbocycles. The van der Waals surface area contributed by atoms with Gasteiger partial charge in [-0.25, -0.2) is 4.98 Å². The lowest BCUT2D eigenvalue weighted by Gasteiger charge is -2.38. The second-order valence-electron chi connectivity index (χ2n) is 11.0. The Kier molecular flexibility index (Phi) is 7.41. The van der Waals surface area contributed by atoms with E-state index in [4.69, 9.17) is 9.72 Å². The summed E-state index contributed by atoms with van der Waals surface area (Å²) in [5, 5.41) is 21.4. The predicted molar refractivity (Wildman–Crippen MR) is 173 cm³/mol. The first-order chi connectivity index (χ1) is 21.8. The van der Waals surface area contributed by atoms with Crippen LogP contribution in [0.1, 0.15) is 27.8 Å². The average molecular weight is 577 g/mol. The first-order valence-electron chi connectivity index (χ1n) is 14.9. The summed E-state index contributed by atoms with van der Waals surface area (Å²) >= 11 is 0. The molecule has 4 aromatic carbocycles. The van der Waals surface area contributed by atoms with Crippen LogP contribution in [0.15, 0.2) is 128 Å². The van der Waals surface area contributed by atoms with Crippen molar-refractivity contribution in [2.24, 2.45) is 0 Å². The maximum absolute atomic E-state index is 10.6. The summed E-state index contributed by atoms with van der Waals surface area (Å²) in [7, 11) is 0. The molecular weight excluding hydrogens is 544 g/mol. The van der Waals surface area contributed by atoms with Crippen molar-refractivity contribution in [3.8, 4) is 17.2 Å². The Morgan fingerprint density at radius 1 is 0.795 bits per heavy atom. The van der Waals surface area contributed by atoms with Crippen molar-refractivity contribution >= 4 is 16.7 Å². The lowest BCUT2D eigenvalue weighted by Crippen LogP contribution is -2.38. The molecule has 0 unspecified atom stereocenters. The van der Waals surface area contributed by atoms with Crippen LogP contribution in [-0.4, -0.2) is 41.0 Å². The van der Waals surface area contributed by atoms with Crippen LogP contribution >= 0.6 is 0 Å². The number of rotatable bonds is 7. The molecule has 6 aromatic rings. The van der Waals surface area contributed by atoms with Gasteiger partial charge in [0.05, 0.1) is 42.5 Å². The highest BCUT2D eigenvalue weighted by molar-refractivity contribution is 6.04. The number of nitrogens with zero attached hydrogens (tertiary/aromatic N) is 4. The molecular formula is C38H32N4O2. The first-order valence-corrected chi connectivity index (χ1v) is 14.9. The van der Waals surface area contributed by atoms with Crippen molar-refractivity contribution in [2.45, 2.75) is 12.1 Å². The second-order valence-corrected chi connectivity index (χ2v) is 11.0. The number of fused-ring (bicyclic) bond motifs is 1. The van der Waals surface area contributed by atoms with E-state index in [1.807, 2.05) is 48.7 Å². The van der Waals surface area contributed by atoms with E-state index < -0.39 is 5.54 Å². The molecule has 1 N–H and O–H groups in total. The Morgan fingerprint density at radius 2 is 1.39 bits per heavy atom. The minimum Gasteiger partial charge on any atom is -0.392 e. The lowest BCUT2D eigenvalue weighted by atomic mass is 9.76. The monoisotopic (exact) mass is 576 g/mol. The van der Waals surface area contributed by atoms with Crippen molar-refractivity contribution in [1.29, 1.82) is 5.26 Å². The third-order valence-corrected chi connectivity index (χ3v) is 8.60. The van der Waals surface area contributed by atoms with E-state index in [9.17, 15) is 10.4 Å². The van der Waals surface area contributed by atoms with Gasteiger partial charge in [0, 0.05) is 36.6 Å². The van der Waals surface area contributed by atoms with E-state index in [1.54, 1.807) is 0 Å². The van der Waals surface area contributed by atoms with Gasteiger partial charge >= 0.3 is 0 Å². The topological polar surface area (TPSA) is 74.3 Å². The van der Waals surface area contributed by atoms with Gasteiger partial charge in [0.2, 0.25) is 0 Å². The third-order valence-electron chi connectivity index (χ3n) is 8.60. The van der Waals surface area contributed by atoms with Crippen molar-refractivity contribution in [1.82, 2.24) is 9.55 Å². The van der Waals surface area contributed by atoms with Gasteiger partial charge in [0.15, 0.2) is 0 Å². The molecule has 216 valence electrons. The number of ether oxygens (including phenoxy) is 1. The SMILES string of the molecule is N#Cc1cccc(-c2cn(C(c3ccccc3)(c3ccccc3)c3ccccc3)c3ncc(CO)c(N4CCOCC4)c23)c1. The zero-order valence-electron chi connectivity index (χ0n) is 24.3. The number of hydrogen-bond donors (Lipinski definition) is 1. The van der Waals surface area contributed by atoms with Gasteiger partial charge < -0.3 is 19.3 Å². The Hall–Kier alpha value is -5.22. The van der Waals surface area contributed by atoms with E-state index in [1.165, 1.54) is 0 Å². The number of nitriles is 1. The summed E-state index contributed by atoms with van der Waals surface area (Å²) in [5.41, 5.74) is 7.45. The maximum atomic E-state index is 10.6. The first kappa shape index (κ1) is 27.6. The van der Waals surface area contributed by atoms with Crippen LogP contribution in [0, 0.1) is 11.3 Å². The van der Waals surface area contributed by atoms with Gasteiger partial charge in [-0.05, 0) is 34.4 Å². The van der Waals surface area contributed by atoms with Crippen LogP contribution in [0.2, 0.25) is 0 Å². The van der Waals surface area contributed by atoms with E-state index in [2.05, 4.69) is 94.5 Å². The largest absolute Gasteiger partial charge is 0.392 e. The Morgan fingerprint density at radius 3 is 1.93 bits per heavy atom. The maximum Gasteiger partial charge on any atom is 0.143 e. The summed E-state index contributed by atoms with van der Waals surface area (Å²) < 4.78 is 8.02. The highest BCUT2D eigenvalue weighted by Crippen LogP contribution is 2.47. The predicted octanol–water partition coefficient (Wildman–Crippen LogP) is 6.74. The summed E-state index contributed by atoms with van der Waals surface area (Å²) in [5.74, 6) is 0. The summed E-state index contributed by atoms with van der Waals surface area (Å²) in [6.07, 6.45) is 4.00. The Balaban J connectivity index is 1.67. The van der Waals surface area contributed by atoms with Gasteiger partial charge in [-0.1, -0.05) is 103 Å². The second kappa shape index (κ2) is 11.8. The van der Waals surface area contributed by atoms with Crippen molar-refractivity contribution in [3.05, 3.63) is 155 Å². The molecule has 44 heavy (non-hydrogen) atoms. The molecule has 7 rings (SSSR count). The third kappa shape index (κ3) is 4.55.